The molecule has 0 spiro atoms. The molecule has 0 N–H and O–H groups in total. The summed E-state index contributed by atoms with van der Waals surface area (Å²) >= 11 is 0. The minimum Gasteiger partial charge on any atom is -0.232 e. The van der Waals surface area contributed by atoms with E-state index >= 15 is 0 Å². The van der Waals surface area contributed by atoms with E-state index in [4.69, 9.17) is 5.10 Å². The van der Waals surface area contributed by atoms with E-state index in [1.165, 1.54) is 25.0 Å². The number of para-hydroxylation sites is 1. The first-order valence-corrected chi connectivity index (χ1v) is 14.4. The second kappa shape index (κ2) is 9.37. The second-order valence-electron chi connectivity index (χ2n) is 9.33. The quantitative estimate of drug-likeness (QED) is 0.227. The molecular weight excluding hydrogens is 480 g/mol. The van der Waals surface area contributed by atoms with Crippen LogP contribution in [-0.2, 0) is 0 Å². The van der Waals surface area contributed by atoms with Crippen LogP contribution in [0.25, 0.3) is 27.7 Å². The minimum absolute atomic E-state index is 0.979. The fourth-order valence-electron chi connectivity index (χ4n) is 5.36. The molecule has 182 valence electrons. The van der Waals surface area contributed by atoms with E-state index in [-0.39, 0.29) is 0 Å². The zero-order chi connectivity index (χ0) is 25.4. The van der Waals surface area contributed by atoms with Crippen molar-refractivity contribution in [2.24, 2.45) is 0 Å². The van der Waals surface area contributed by atoms with Gasteiger partial charge in [-0.15, -0.1) is 10.0 Å². The Hall–Kier alpha value is -4.60. The molecule has 2 nitrogen and oxygen atoms in total. The maximum Gasteiger partial charge on any atom is 0.0933 e. The fraction of sp³-hybridized carbons (Fsp3) is 0. The van der Waals surface area contributed by atoms with Crippen molar-refractivity contribution in [1.82, 2.24) is 9.61 Å². The van der Waals surface area contributed by atoms with Gasteiger partial charge in [-0.25, -0.2) is 4.52 Å². The molecule has 0 atom stereocenters. The van der Waals surface area contributed by atoms with E-state index < -0.39 is 10.0 Å². The zero-order valence-electron chi connectivity index (χ0n) is 20.8. The van der Waals surface area contributed by atoms with Crippen LogP contribution in [0.5, 0.6) is 0 Å². The third kappa shape index (κ3) is 3.63. The summed E-state index contributed by atoms with van der Waals surface area (Å²) in [5, 5.41) is 6.19. The van der Waals surface area contributed by atoms with Gasteiger partial charge in [-0.05, 0) is 66.7 Å². The summed E-state index contributed by atoms with van der Waals surface area (Å²) < 4.78 is 2.05. The summed E-state index contributed by atoms with van der Waals surface area (Å²) in [5.41, 5.74) is 4.31. The lowest BCUT2D eigenvalue weighted by Crippen LogP contribution is -2.05. The van der Waals surface area contributed by atoms with Crippen LogP contribution in [0.1, 0.15) is 0 Å². The molecule has 3 heteroatoms. The van der Waals surface area contributed by atoms with Gasteiger partial charge in [0.1, 0.15) is 0 Å². The number of benzene rings is 5. The topological polar surface area (TPSA) is 17.3 Å². The van der Waals surface area contributed by atoms with E-state index in [0.717, 1.165) is 22.3 Å². The number of rotatable bonds is 5. The van der Waals surface area contributed by atoms with Crippen LogP contribution in [0.4, 0.5) is 0 Å². The second-order valence-corrected chi connectivity index (χ2v) is 12.4. The average molecular weight is 507 g/mol. The molecule has 0 saturated carbocycles. The van der Waals surface area contributed by atoms with Crippen molar-refractivity contribution < 1.29 is 0 Å². The Morgan fingerprint density at radius 2 is 0.947 bits per heavy atom. The van der Waals surface area contributed by atoms with Gasteiger partial charge >= 0.3 is 0 Å². The SMILES string of the molecule is c1ccc(S(c2ccccc2)(c2ccccc2)c2ccc(-c3cc4ccc5ccccc5n4n3)cc2)cc1. The van der Waals surface area contributed by atoms with Crippen LogP contribution in [0, 0.1) is 0 Å². The predicted molar refractivity (Wildman–Crippen MR) is 158 cm³/mol. The summed E-state index contributed by atoms with van der Waals surface area (Å²) in [6, 6.07) is 56.8. The molecule has 0 amide bonds. The summed E-state index contributed by atoms with van der Waals surface area (Å²) in [5.74, 6) is 0. The Morgan fingerprint density at radius 3 is 1.53 bits per heavy atom. The summed E-state index contributed by atoms with van der Waals surface area (Å²) in [6.45, 7) is 0. The number of hydrogen-bond acceptors (Lipinski definition) is 1. The number of hydrogen-bond donors (Lipinski definition) is 0. The summed E-state index contributed by atoms with van der Waals surface area (Å²) in [7, 11) is -1.69. The average Bonchev–Trinajstić information content (AvgIpc) is 3.45. The lowest BCUT2D eigenvalue weighted by molar-refractivity contribution is 1.01. The van der Waals surface area contributed by atoms with Crippen LogP contribution in [0.15, 0.2) is 177 Å². The van der Waals surface area contributed by atoms with Crippen molar-refractivity contribution in [3.8, 4) is 11.3 Å². The van der Waals surface area contributed by atoms with Gasteiger partial charge in [-0.3, -0.25) is 0 Å². The Labute approximate surface area is 224 Å². The number of aromatic nitrogens is 2. The third-order valence-electron chi connectivity index (χ3n) is 7.13. The lowest BCUT2D eigenvalue weighted by Gasteiger charge is -2.42. The molecule has 7 aromatic rings. The highest BCUT2D eigenvalue weighted by Crippen LogP contribution is 2.73. The van der Waals surface area contributed by atoms with Gasteiger partial charge in [0.05, 0.1) is 16.7 Å². The van der Waals surface area contributed by atoms with Crippen molar-refractivity contribution in [3.05, 3.63) is 158 Å². The standard InChI is InChI=1S/C35H26N2S/c1-4-13-30(14-5-1)38(31-15-6-2-7-16-31,32-17-8-3-9-18-32)33-24-21-27(22-25-33)34-26-29-23-20-28-12-10-11-19-35(28)37(29)36-34/h1-26H. The zero-order valence-corrected chi connectivity index (χ0v) is 21.6. The molecule has 5 aromatic carbocycles. The Morgan fingerprint density at radius 1 is 0.447 bits per heavy atom. The van der Waals surface area contributed by atoms with E-state index in [9.17, 15) is 0 Å². The summed E-state index contributed by atoms with van der Waals surface area (Å²) in [4.78, 5) is 5.28. The molecule has 0 saturated heterocycles. The highest BCUT2D eigenvalue weighted by atomic mass is 32.3. The Balaban J connectivity index is 1.42. The Bertz CT molecular complexity index is 1740. The molecule has 0 bridgehead atoms. The normalized spacial score (nSPS) is 12.1. The van der Waals surface area contributed by atoms with Gasteiger partial charge in [0, 0.05) is 30.5 Å². The molecule has 0 aliphatic heterocycles. The largest absolute Gasteiger partial charge is 0.232 e. The monoisotopic (exact) mass is 506 g/mol. The first kappa shape index (κ1) is 22.6. The van der Waals surface area contributed by atoms with Crippen molar-refractivity contribution in [1.29, 1.82) is 0 Å². The number of nitrogens with zero attached hydrogens (tertiary/aromatic N) is 2. The van der Waals surface area contributed by atoms with Crippen LogP contribution in [-0.4, -0.2) is 9.61 Å². The lowest BCUT2D eigenvalue weighted by atomic mass is 10.1. The van der Waals surface area contributed by atoms with Crippen molar-refractivity contribution in [2.75, 3.05) is 0 Å². The molecule has 0 radical (unpaired) electrons. The van der Waals surface area contributed by atoms with Crippen molar-refractivity contribution in [2.45, 2.75) is 19.6 Å². The maximum atomic E-state index is 5.00. The third-order valence-corrected chi connectivity index (χ3v) is 11.0. The predicted octanol–water partition coefficient (Wildman–Crippen LogP) is 9.50. The van der Waals surface area contributed by atoms with Gasteiger partial charge in [-0.1, -0.05) is 91.0 Å². The Kier molecular flexibility index (Phi) is 5.57. The fourth-order valence-corrected chi connectivity index (χ4v) is 9.24. The van der Waals surface area contributed by atoms with Gasteiger partial charge < -0.3 is 0 Å². The van der Waals surface area contributed by atoms with Crippen LogP contribution in [0.3, 0.4) is 0 Å². The molecule has 0 aliphatic carbocycles. The molecule has 0 aliphatic rings. The molecule has 0 fully saturated rings. The van der Waals surface area contributed by atoms with Crippen LogP contribution >= 0.6 is 10.0 Å². The van der Waals surface area contributed by atoms with Crippen molar-refractivity contribution in [3.63, 3.8) is 0 Å². The van der Waals surface area contributed by atoms with E-state index in [0.29, 0.717) is 0 Å². The summed E-state index contributed by atoms with van der Waals surface area (Å²) in [6.07, 6.45) is 0. The van der Waals surface area contributed by atoms with Gasteiger partial charge in [0.2, 0.25) is 0 Å². The van der Waals surface area contributed by atoms with Gasteiger partial charge in [0.15, 0.2) is 0 Å². The molecule has 2 heterocycles. The smallest absolute Gasteiger partial charge is 0.0933 e. The van der Waals surface area contributed by atoms with Crippen LogP contribution < -0.4 is 0 Å². The van der Waals surface area contributed by atoms with Gasteiger partial charge in [0.25, 0.3) is 0 Å². The van der Waals surface area contributed by atoms with Crippen LogP contribution in [0.2, 0.25) is 0 Å². The first-order valence-electron chi connectivity index (χ1n) is 12.8. The maximum absolute atomic E-state index is 5.00. The molecule has 38 heavy (non-hydrogen) atoms. The van der Waals surface area contributed by atoms with Crippen molar-refractivity contribution >= 4 is 26.4 Å². The highest BCUT2D eigenvalue weighted by Gasteiger charge is 2.33. The molecule has 7 rings (SSSR count). The number of fused-ring (bicyclic) bond motifs is 3. The minimum atomic E-state index is -1.69. The molecular formula is C35H26N2S. The molecule has 2 aromatic heterocycles. The number of pyridine rings is 1. The first-order chi connectivity index (χ1) is 18.8. The van der Waals surface area contributed by atoms with E-state index in [1.54, 1.807) is 0 Å². The van der Waals surface area contributed by atoms with E-state index in [1.807, 2.05) is 4.52 Å². The molecule has 0 unspecified atom stereocenters. The van der Waals surface area contributed by atoms with Gasteiger partial charge in [-0.2, -0.15) is 5.10 Å². The highest BCUT2D eigenvalue weighted by molar-refractivity contribution is 8.34. The van der Waals surface area contributed by atoms with E-state index in [2.05, 4.69) is 158 Å².